The molecule has 1 aliphatic rings. The van der Waals surface area contributed by atoms with Gasteiger partial charge in [-0.15, -0.1) is 11.3 Å². The van der Waals surface area contributed by atoms with Gasteiger partial charge in [-0.2, -0.15) is 4.31 Å². The van der Waals surface area contributed by atoms with Crippen LogP contribution in [0.15, 0.2) is 39.9 Å². The Morgan fingerprint density at radius 3 is 2.30 bits per heavy atom. The van der Waals surface area contributed by atoms with Crippen LogP contribution < -0.4 is 9.62 Å². The van der Waals surface area contributed by atoms with Crippen LogP contribution in [0.1, 0.15) is 38.8 Å². The molecule has 0 bridgehead atoms. The van der Waals surface area contributed by atoms with Gasteiger partial charge in [0.1, 0.15) is 4.21 Å². The molecule has 0 aliphatic carbocycles. The molecule has 1 aromatic heterocycles. The van der Waals surface area contributed by atoms with Crippen LogP contribution in [-0.2, 0) is 32.2 Å². The summed E-state index contributed by atoms with van der Waals surface area (Å²) in [5.74, 6) is 0.0370. The van der Waals surface area contributed by atoms with Crippen molar-refractivity contribution in [3.8, 4) is 0 Å². The van der Waals surface area contributed by atoms with E-state index in [1.54, 1.807) is 31.4 Å². The summed E-state index contributed by atoms with van der Waals surface area (Å²) in [5.41, 5.74) is 1.08. The Labute approximate surface area is 201 Å². The molecule has 0 amide bonds. The summed E-state index contributed by atoms with van der Waals surface area (Å²) in [6, 6.07) is 8.94. The zero-order chi connectivity index (χ0) is 24.4. The fourth-order valence-electron chi connectivity index (χ4n) is 3.93. The summed E-state index contributed by atoms with van der Waals surface area (Å²) in [6.45, 7) is 8.88. The van der Waals surface area contributed by atoms with Gasteiger partial charge in [0.15, 0.2) is 0 Å². The van der Waals surface area contributed by atoms with Gasteiger partial charge < -0.3 is 10.0 Å². The minimum atomic E-state index is -3.48. The van der Waals surface area contributed by atoms with Crippen LogP contribution >= 0.6 is 11.3 Å². The van der Waals surface area contributed by atoms with Gasteiger partial charge in [0.25, 0.3) is 10.0 Å². The number of hydrogen-bond acceptors (Lipinski definition) is 7. The van der Waals surface area contributed by atoms with E-state index in [9.17, 15) is 21.9 Å². The van der Waals surface area contributed by atoms with Crippen LogP contribution in [0, 0.1) is 5.92 Å². The fourth-order valence-corrected chi connectivity index (χ4v) is 7.87. The molecule has 3 rings (SSSR count). The molecule has 0 saturated carbocycles. The molecular weight excluding hydrogens is 482 g/mol. The SMILES string of the molecule is CC(C)CS(=O)(=O)NCc1cc(N2CCN(S(=O)(=O)c3cccs3)CC2)ccc1C(C)(C)O. The van der Waals surface area contributed by atoms with E-state index in [1.165, 1.54) is 15.6 Å². The van der Waals surface area contributed by atoms with Crippen LogP contribution in [0.2, 0.25) is 0 Å². The Morgan fingerprint density at radius 2 is 1.76 bits per heavy atom. The first-order chi connectivity index (χ1) is 15.3. The van der Waals surface area contributed by atoms with Crippen molar-refractivity contribution >= 4 is 37.1 Å². The Bertz CT molecular complexity index is 1150. The van der Waals surface area contributed by atoms with Crippen molar-refractivity contribution in [2.75, 3.05) is 36.8 Å². The van der Waals surface area contributed by atoms with Gasteiger partial charge in [-0.3, -0.25) is 0 Å². The van der Waals surface area contributed by atoms with Crippen molar-refractivity contribution in [2.45, 2.75) is 44.0 Å². The highest BCUT2D eigenvalue weighted by Gasteiger charge is 2.30. The Hall–Kier alpha value is -1.50. The predicted molar refractivity (Wildman–Crippen MR) is 132 cm³/mol. The molecule has 184 valence electrons. The van der Waals surface area contributed by atoms with Crippen LogP contribution in [0.25, 0.3) is 0 Å². The molecule has 2 N–H and O–H groups in total. The maximum absolute atomic E-state index is 12.8. The normalized spacial score (nSPS) is 16.5. The van der Waals surface area contributed by atoms with Crippen LogP contribution in [-0.4, -0.2) is 58.2 Å². The molecular formula is C22H33N3O5S3. The van der Waals surface area contributed by atoms with Crippen molar-refractivity contribution in [2.24, 2.45) is 5.92 Å². The zero-order valence-electron chi connectivity index (χ0n) is 19.5. The topological polar surface area (TPSA) is 107 Å². The monoisotopic (exact) mass is 515 g/mol. The van der Waals surface area contributed by atoms with E-state index < -0.39 is 25.6 Å². The first kappa shape index (κ1) is 26.1. The second-order valence-corrected chi connectivity index (χ2v) is 14.2. The lowest BCUT2D eigenvalue weighted by Gasteiger charge is -2.35. The maximum atomic E-state index is 12.8. The Morgan fingerprint density at radius 1 is 1.09 bits per heavy atom. The second-order valence-electron chi connectivity index (χ2n) is 9.22. The minimum absolute atomic E-state index is 0.00402. The molecule has 1 aromatic carbocycles. The van der Waals surface area contributed by atoms with E-state index >= 15 is 0 Å². The average Bonchev–Trinajstić information content (AvgIpc) is 3.26. The van der Waals surface area contributed by atoms with E-state index in [4.69, 9.17) is 0 Å². The average molecular weight is 516 g/mol. The molecule has 2 heterocycles. The Kier molecular flexibility index (Phi) is 7.92. The van der Waals surface area contributed by atoms with Crippen LogP contribution in [0.3, 0.4) is 0 Å². The standard InChI is InChI=1S/C22H33N3O5S3/c1-17(2)16-32(27,28)23-15-18-14-19(7-8-20(18)22(3,4)26)24-9-11-25(12-10-24)33(29,30)21-6-5-13-31-21/h5-8,13-14,17,23,26H,9-12,15-16H2,1-4H3. The lowest BCUT2D eigenvalue weighted by molar-refractivity contribution is 0.0776. The summed E-state index contributed by atoms with van der Waals surface area (Å²) < 4.78 is 54.7. The van der Waals surface area contributed by atoms with Gasteiger partial charge in [-0.25, -0.2) is 21.6 Å². The Balaban J connectivity index is 1.77. The summed E-state index contributed by atoms with van der Waals surface area (Å²) >= 11 is 1.21. The number of piperazine rings is 1. The molecule has 11 heteroatoms. The number of rotatable bonds is 9. The number of aliphatic hydroxyl groups is 1. The number of hydrogen-bond donors (Lipinski definition) is 2. The maximum Gasteiger partial charge on any atom is 0.252 e. The van der Waals surface area contributed by atoms with Crippen molar-refractivity contribution in [3.63, 3.8) is 0 Å². The van der Waals surface area contributed by atoms with Crippen molar-refractivity contribution in [1.29, 1.82) is 0 Å². The number of sulfonamides is 2. The molecule has 0 unspecified atom stereocenters. The number of anilines is 1. The molecule has 2 aromatic rings. The fraction of sp³-hybridized carbons (Fsp3) is 0.545. The highest BCUT2D eigenvalue weighted by molar-refractivity contribution is 7.91. The summed E-state index contributed by atoms with van der Waals surface area (Å²) in [4.78, 5) is 2.08. The zero-order valence-corrected chi connectivity index (χ0v) is 21.9. The molecule has 0 spiro atoms. The quantitative estimate of drug-likeness (QED) is 0.532. The van der Waals surface area contributed by atoms with Crippen LogP contribution in [0.5, 0.6) is 0 Å². The molecule has 1 aliphatic heterocycles. The lowest BCUT2D eigenvalue weighted by atomic mass is 9.92. The molecule has 8 nitrogen and oxygen atoms in total. The van der Waals surface area contributed by atoms with E-state index in [1.807, 2.05) is 32.0 Å². The van der Waals surface area contributed by atoms with Crippen molar-refractivity contribution in [3.05, 3.63) is 46.8 Å². The van der Waals surface area contributed by atoms with Crippen molar-refractivity contribution < 1.29 is 21.9 Å². The largest absolute Gasteiger partial charge is 0.386 e. The molecule has 1 saturated heterocycles. The van der Waals surface area contributed by atoms with Crippen LogP contribution in [0.4, 0.5) is 5.69 Å². The highest BCUT2D eigenvalue weighted by atomic mass is 32.2. The van der Waals surface area contributed by atoms with Gasteiger partial charge in [0, 0.05) is 38.4 Å². The lowest BCUT2D eigenvalue weighted by Crippen LogP contribution is -2.48. The third-order valence-electron chi connectivity index (χ3n) is 5.48. The van der Waals surface area contributed by atoms with E-state index in [0.29, 0.717) is 41.5 Å². The number of nitrogens with one attached hydrogen (secondary N) is 1. The summed E-state index contributed by atoms with van der Waals surface area (Å²) in [7, 11) is -6.92. The molecule has 33 heavy (non-hydrogen) atoms. The molecule has 1 fully saturated rings. The second kappa shape index (κ2) is 10.0. The summed E-state index contributed by atoms with van der Waals surface area (Å²) in [6.07, 6.45) is 0. The van der Waals surface area contributed by atoms with Gasteiger partial charge in [-0.05, 0) is 54.5 Å². The minimum Gasteiger partial charge on any atom is -0.386 e. The third-order valence-corrected chi connectivity index (χ3v) is 10.4. The molecule has 0 radical (unpaired) electrons. The number of thiophene rings is 1. The van der Waals surface area contributed by atoms with E-state index in [2.05, 4.69) is 9.62 Å². The third kappa shape index (κ3) is 6.55. The predicted octanol–water partition coefficient (Wildman–Crippen LogP) is 2.56. The smallest absolute Gasteiger partial charge is 0.252 e. The van der Waals surface area contributed by atoms with Crippen molar-refractivity contribution in [1.82, 2.24) is 9.03 Å². The van der Waals surface area contributed by atoms with Gasteiger partial charge in [0.2, 0.25) is 10.0 Å². The van der Waals surface area contributed by atoms with Gasteiger partial charge in [0.05, 0.1) is 11.4 Å². The number of benzene rings is 1. The van der Waals surface area contributed by atoms with E-state index in [0.717, 1.165) is 5.69 Å². The first-order valence-corrected chi connectivity index (χ1v) is 14.9. The van der Waals surface area contributed by atoms with Gasteiger partial charge >= 0.3 is 0 Å². The highest BCUT2D eigenvalue weighted by Crippen LogP contribution is 2.29. The summed E-state index contributed by atoms with van der Waals surface area (Å²) in [5, 5.41) is 12.4. The van der Waals surface area contributed by atoms with E-state index in [-0.39, 0.29) is 18.2 Å². The first-order valence-electron chi connectivity index (χ1n) is 10.9. The number of nitrogens with zero attached hydrogens (tertiary/aromatic N) is 2. The molecule has 0 atom stereocenters. The van der Waals surface area contributed by atoms with Gasteiger partial charge in [-0.1, -0.05) is 26.0 Å².